The van der Waals surface area contributed by atoms with Crippen molar-refractivity contribution in [1.29, 1.82) is 0 Å². The summed E-state index contributed by atoms with van der Waals surface area (Å²) in [5.74, 6) is -1.66. The second kappa shape index (κ2) is 13.4. The van der Waals surface area contributed by atoms with E-state index in [4.69, 9.17) is 5.11 Å². The van der Waals surface area contributed by atoms with Crippen LogP contribution < -0.4 is 10.6 Å². The van der Waals surface area contributed by atoms with Crippen LogP contribution in [-0.2, 0) is 17.5 Å². The first-order valence-electron chi connectivity index (χ1n) is 13.7. The van der Waals surface area contributed by atoms with Crippen molar-refractivity contribution in [2.24, 2.45) is 11.3 Å². The number of amides is 3. The maximum atomic E-state index is 13.5. The van der Waals surface area contributed by atoms with E-state index in [9.17, 15) is 42.8 Å². The molecule has 0 saturated heterocycles. The Kier molecular flexibility index (Phi) is 10.4. The lowest BCUT2D eigenvalue weighted by Crippen LogP contribution is -2.45. The van der Waals surface area contributed by atoms with Crippen molar-refractivity contribution in [1.82, 2.24) is 10.2 Å². The highest BCUT2D eigenvalue weighted by Crippen LogP contribution is 2.40. The predicted octanol–water partition coefficient (Wildman–Crippen LogP) is 5.43. The lowest BCUT2D eigenvalue weighted by atomic mass is 9.71. The molecule has 2 aromatic rings. The van der Waals surface area contributed by atoms with Crippen LogP contribution in [0.25, 0.3) is 0 Å². The van der Waals surface area contributed by atoms with Gasteiger partial charge >= 0.3 is 18.2 Å². The molecule has 1 atom stereocenters. The molecule has 0 aliphatic heterocycles. The summed E-state index contributed by atoms with van der Waals surface area (Å²) >= 11 is 0. The highest BCUT2D eigenvalue weighted by Gasteiger charge is 2.39. The van der Waals surface area contributed by atoms with Crippen LogP contribution in [0.15, 0.2) is 42.5 Å². The number of carbonyl (C=O) groups excluding carboxylic acids is 2. The van der Waals surface area contributed by atoms with Gasteiger partial charge in [-0.05, 0) is 66.8 Å². The Hall–Kier alpha value is -4.20. The maximum absolute atomic E-state index is 13.5. The lowest BCUT2D eigenvalue weighted by molar-refractivity contribution is -0.388. The molecule has 0 spiro atoms. The zero-order chi connectivity index (χ0) is 32.1. The Morgan fingerprint density at radius 2 is 1.65 bits per heavy atom. The number of carboxylic acids is 1. The molecule has 0 radical (unpaired) electrons. The molecule has 1 aliphatic rings. The maximum Gasteiger partial charge on any atom is 0.423 e. The van der Waals surface area contributed by atoms with Crippen LogP contribution in [0.1, 0.15) is 67.9 Å². The number of hydrogen-bond donors (Lipinski definition) is 4. The standard InChI is InChI=1S/C29H35F3N4O7/c1-28(2,3)19-8-11-21(12-9-19)35(16-17-4-6-18(7-5-17)25(38)33-15-24(37)26(39)40)27(41)34-20-10-13-23(36(42)43)22(14-20)29(30,31)32/h4-7,10,13-14,19,21,24,37H,8-9,11-12,15-16H2,1-3H3,(H,33,38)(H,34,41)(H,39,40)/t19?,21?,24-/m1/s1. The van der Waals surface area contributed by atoms with E-state index in [1.165, 1.54) is 17.0 Å². The van der Waals surface area contributed by atoms with Crippen LogP contribution in [0.4, 0.5) is 29.3 Å². The fraction of sp³-hybridized carbons (Fsp3) is 0.483. The number of carbonyl (C=O) groups is 3. The Bertz CT molecular complexity index is 1340. The first-order valence-corrected chi connectivity index (χ1v) is 13.7. The van der Waals surface area contributed by atoms with E-state index >= 15 is 0 Å². The minimum Gasteiger partial charge on any atom is -0.479 e. The number of aliphatic hydroxyl groups excluding tert-OH is 1. The number of nitrogens with zero attached hydrogens (tertiary/aromatic N) is 2. The number of anilines is 1. The van der Waals surface area contributed by atoms with Crippen molar-refractivity contribution < 1.29 is 42.7 Å². The number of nitro benzene ring substituents is 1. The molecule has 11 nitrogen and oxygen atoms in total. The molecule has 0 heterocycles. The fourth-order valence-corrected chi connectivity index (χ4v) is 5.15. The van der Waals surface area contributed by atoms with Crippen LogP contribution in [-0.4, -0.2) is 56.6 Å². The smallest absolute Gasteiger partial charge is 0.423 e. The van der Waals surface area contributed by atoms with Crippen molar-refractivity contribution in [3.05, 3.63) is 69.3 Å². The quantitative estimate of drug-likeness (QED) is 0.218. The first kappa shape index (κ1) is 33.3. The molecule has 234 valence electrons. The summed E-state index contributed by atoms with van der Waals surface area (Å²) in [4.78, 5) is 48.1. The third kappa shape index (κ3) is 8.89. The molecule has 14 heteroatoms. The normalized spacial score (nSPS) is 17.9. The number of alkyl halides is 3. The van der Waals surface area contributed by atoms with E-state index in [2.05, 4.69) is 31.4 Å². The van der Waals surface area contributed by atoms with E-state index in [1.807, 2.05) is 0 Å². The van der Waals surface area contributed by atoms with Gasteiger partial charge in [-0.2, -0.15) is 13.2 Å². The molecule has 1 aliphatic carbocycles. The van der Waals surface area contributed by atoms with Crippen molar-refractivity contribution in [2.75, 3.05) is 11.9 Å². The molecule has 3 amide bonds. The van der Waals surface area contributed by atoms with Gasteiger partial charge in [0.05, 0.1) is 11.5 Å². The molecular formula is C29H35F3N4O7. The van der Waals surface area contributed by atoms with Crippen molar-refractivity contribution >= 4 is 29.3 Å². The first-order chi connectivity index (χ1) is 20.0. The van der Waals surface area contributed by atoms with Gasteiger partial charge in [-0.1, -0.05) is 32.9 Å². The average molecular weight is 609 g/mol. The summed E-state index contributed by atoms with van der Waals surface area (Å²) in [7, 11) is 0. The second-order valence-corrected chi connectivity index (χ2v) is 11.7. The van der Waals surface area contributed by atoms with Gasteiger partial charge in [0.1, 0.15) is 5.56 Å². The molecule has 3 rings (SSSR count). The van der Waals surface area contributed by atoms with E-state index in [0.717, 1.165) is 18.9 Å². The Morgan fingerprint density at radius 1 is 1.05 bits per heavy atom. The van der Waals surface area contributed by atoms with Gasteiger partial charge in [-0.3, -0.25) is 14.9 Å². The zero-order valence-corrected chi connectivity index (χ0v) is 24.0. The van der Waals surface area contributed by atoms with Gasteiger partial charge in [-0.15, -0.1) is 0 Å². The van der Waals surface area contributed by atoms with Gasteiger partial charge in [0.15, 0.2) is 6.10 Å². The topological polar surface area (TPSA) is 162 Å². The number of carboxylic acid groups (broad SMARTS) is 1. The van der Waals surface area contributed by atoms with Gasteiger partial charge in [0.25, 0.3) is 11.6 Å². The summed E-state index contributed by atoms with van der Waals surface area (Å²) in [6.45, 7) is 6.02. The second-order valence-electron chi connectivity index (χ2n) is 11.7. The molecule has 4 N–H and O–H groups in total. The summed E-state index contributed by atoms with van der Waals surface area (Å²) in [5, 5.41) is 34.0. The Morgan fingerprint density at radius 3 is 2.16 bits per heavy atom. The van der Waals surface area contributed by atoms with E-state index in [0.29, 0.717) is 36.5 Å². The SMILES string of the molecule is CC(C)(C)C1CCC(N(Cc2ccc(C(=O)NC[C@@H](O)C(=O)O)cc2)C(=O)Nc2ccc([N+](=O)[O-])c(C(F)(F)F)c2)CC1. The minimum absolute atomic E-state index is 0.0649. The monoisotopic (exact) mass is 608 g/mol. The molecular weight excluding hydrogens is 573 g/mol. The number of hydrogen-bond acceptors (Lipinski definition) is 6. The summed E-state index contributed by atoms with van der Waals surface area (Å²) < 4.78 is 40.5. The number of aliphatic carboxylic acids is 1. The number of nitrogens with one attached hydrogen (secondary N) is 2. The van der Waals surface area contributed by atoms with Crippen LogP contribution in [0.5, 0.6) is 0 Å². The van der Waals surface area contributed by atoms with Crippen LogP contribution in [0, 0.1) is 21.4 Å². The Labute approximate surface area is 246 Å². The third-order valence-corrected chi connectivity index (χ3v) is 7.68. The van der Waals surface area contributed by atoms with Gasteiger partial charge < -0.3 is 25.7 Å². The summed E-state index contributed by atoms with van der Waals surface area (Å²) in [5.41, 5.74) is -1.96. The minimum atomic E-state index is -5.01. The molecule has 1 saturated carbocycles. The molecule has 1 fully saturated rings. The van der Waals surface area contributed by atoms with E-state index < -0.39 is 52.9 Å². The van der Waals surface area contributed by atoms with Crippen LogP contribution in [0.3, 0.4) is 0 Å². The number of halogens is 3. The largest absolute Gasteiger partial charge is 0.479 e. The van der Waals surface area contributed by atoms with E-state index in [-0.39, 0.29) is 29.3 Å². The number of nitro groups is 1. The van der Waals surface area contributed by atoms with Crippen LogP contribution >= 0.6 is 0 Å². The highest BCUT2D eigenvalue weighted by molar-refractivity contribution is 5.94. The number of rotatable bonds is 9. The number of benzene rings is 2. The molecule has 0 unspecified atom stereocenters. The lowest BCUT2D eigenvalue weighted by Gasteiger charge is -2.41. The summed E-state index contributed by atoms with van der Waals surface area (Å²) in [6.07, 6.45) is -3.75. The van der Waals surface area contributed by atoms with Gasteiger partial charge in [0, 0.05) is 29.9 Å². The van der Waals surface area contributed by atoms with Crippen LogP contribution in [0.2, 0.25) is 0 Å². The molecule has 43 heavy (non-hydrogen) atoms. The van der Waals surface area contributed by atoms with Crippen molar-refractivity contribution in [3.63, 3.8) is 0 Å². The van der Waals surface area contributed by atoms with Gasteiger partial charge in [0.2, 0.25) is 0 Å². The zero-order valence-electron chi connectivity index (χ0n) is 24.0. The third-order valence-electron chi connectivity index (χ3n) is 7.68. The average Bonchev–Trinajstić information content (AvgIpc) is 2.93. The van der Waals surface area contributed by atoms with Crippen molar-refractivity contribution in [2.45, 2.75) is 71.3 Å². The van der Waals surface area contributed by atoms with E-state index in [1.54, 1.807) is 12.1 Å². The van der Waals surface area contributed by atoms with Crippen molar-refractivity contribution in [3.8, 4) is 0 Å². The number of aliphatic hydroxyl groups is 1. The molecule has 0 bridgehead atoms. The Balaban J connectivity index is 1.82. The van der Waals surface area contributed by atoms with Gasteiger partial charge in [-0.25, -0.2) is 9.59 Å². The number of urea groups is 1. The highest BCUT2D eigenvalue weighted by atomic mass is 19.4. The molecule has 2 aromatic carbocycles. The molecule has 0 aromatic heterocycles. The fourth-order valence-electron chi connectivity index (χ4n) is 5.15. The summed E-state index contributed by atoms with van der Waals surface area (Å²) in [6, 6.07) is 7.51. The predicted molar refractivity (Wildman–Crippen MR) is 150 cm³/mol.